The highest BCUT2D eigenvalue weighted by Crippen LogP contribution is 2.48. The van der Waals surface area contributed by atoms with E-state index < -0.39 is 6.36 Å². The van der Waals surface area contributed by atoms with E-state index in [0.29, 0.717) is 0 Å². The van der Waals surface area contributed by atoms with Crippen molar-refractivity contribution in [2.45, 2.75) is 31.3 Å². The first-order valence-electron chi connectivity index (χ1n) is 9.60. The van der Waals surface area contributed by atoms with Crippen LogP contribution in [0.1, 0.15) is 18.4 Å². The van der Waals surface area contributed by atoms with E-state index in [4.69, 9.17) is 0 Å². The van der Waals surface area contributed by atoms with Gasteiger partial charge in [-0.2, -0.15) is 0 Å². The molecule has 150 valence electrons. The Balaban J connectivity index is 1.35. The summed E-state index contributed by atoms with van der Waals surface area (Å²) >= 11 is 0. The van der Waals surface area contributed by atoms with Crippen LogP contribution in [-0.2, 0) is 6.54 Å². The minimum absolute atomic E-state index is 0.158. The number of fused-ring (bicyclic) bond motifs is 1. The van der Waals surface area contributed by atoms with Crippen molar-refractivity contribution in [1.82, 2.24) is 9.88 Å². The average molecular weight is 399 g/mol. The smallest absolute Gasteiger partial charge is 0.406 e. The molecule has 0 N–H and O–H groups in total. The Labute approximate surface area is 166 Å². The molecule has 5 rings (SSSR count). The normalized spacial score (nSPS) is 18.5. The van der Waals surface area contributed by atoms with Crippen molar-refractivity contribution < 1.29 is 17.9 Å². The number of ether oxygens (including phenoxy) is 1. The van der Waals surface area contributed by atoms with Gasteiger partial charge in [0.15, 0.2) is 0 Å². The maximum absolute atomic E-state index is 12.4. The van der Waals surface area contributed by atoms with Gasteiger partial charge in [0.1, 0.15) is 5.75 Å². The summed E-state index contributed by atoms with van der Waals surface area (Å²) in [6.45, 7) is 2.46. The summed E-state index contributed by atoms with van der Waals surface area (Å²) in [7, 11) is 0. The minimum atomic E-state index is -4.67. The van der Waals surface area contributed by atoms with Crippen LogP contribution >= 0.6 is 0 Å². The number of nitrogens with zero attached hydrogens (tertiary/aromatic N) is 3. The third kappa shape index (κ3) is 3.62. The van der Waals surface area contributed by atoms with Crippen LogP contribution in [0.3, 0.4) is 0 Å². The standard InChI is InChI=1S/C22H20F3N3O/c23-22(24,25)29-18-7-5-17(6-8-18)27-14-21(10-11-21)28(15-27)13-16-9-12-26-20-4-2-1-3-19(16)20/h1-9,12H,10-11,13-15H2. The lowest BCUT2D eigenvalue weighted by molar-refractivity contribution is -0.274. The van der Waals surface area contributed by atoms with Crippen molar-refractivity contribution in [2.24, 2.45) is 0 Å². The summed E-state index contributed by atoms with van der Waals surface area (Å²) < 4.78 is 41.1. The molecule has 0 radical (unpaired) electrons. The van der Waals surface area contributed by atoms with Crippen LogP contribution in [0.4, 0.5) is 18.9 Å². The van der Waals surface area contributed by atoms with Crippen LogP contribution in [0, 0.1) is 0 Å². The molecule has 1 aliphatic carbocycles. The van der Waals surface area contributed by atoms with Gasteiger partial charge in [-0.05, 0) is 54.8 Å². The molecular formula is C22H20F3N3O. The molecule has 1 spiro atoms. The number of anilines is 1. The third-order valence-corrected chi connectivity index (χ3v) is 5.86. The number of para-hydroxylation sites is 1. The van der Waals surface area contributed by atoms with Crippen LogP contribution in [-0.4, -0.2) is 35.0 Å². The van der Waals surface area contributed by atoms with E-state index in [2.05, 4.69) is 31.7 Å². The summed E-state index contributed by atoms with van der Waals surface area (Å²) in [4.78, 5) is 9.15. The first-order chi connectivity index (χ1) is 13.9. The zero-order chi connectivity index (χ0) is 20.1. The Morgan fingerprint density at radius 2 is 1.76 bits per heavy atom. The quantitative estimate of drug-likeness (QED) is 0.621. The van der Waals surface area contributed by atoms with Gasteiger partial charge in [-0.25, -0.2) is 0 Å². The van der Waals surface area contributed by atoms with Gasteiger partial charge in [0, 0.05) is 35.9 Å². The molecule has 4 nitrogen and oxygen atoms in total. The predicted octanol–water partition coefficient (Wildman–Crippen LogP) is 4.95. The summed E-state index contributed by atoms with van der Waals surface area (Å²) in [5.74, 6) is -0.193. The molecule has 0 amide bonds. The molecule has 1 aliphatic heterocycles. The van der Waals surface area contributed by atoms with Gasteiger partial charge in [-0.15, -0.1) is 13.2 Å². The molecule has 2 aliphatic rings. The highest BCUT2D eigenvalue weighted by Gasteiger charge is 2.53. The second kappa shape index (κ2) is 6.62. The fourth-order valence-electron chi connectivity index (χ4n) is 4.23. The second-order valence-corrected chi connectivity index (χ2v) is 7.79. The van der Waals surface area contributed by atoms with Crippen molar-refractivity contribution in [3.05, 3.63) is 66.4 Å². The van der Waals surface area contributed by atoms with Crippen LogP contribution in [0.5, 0.6) is 5.75 Å². The van der Waals surface area contributed by atoms with Crippen LogP contribution in [0.15, 0.2) is 60.8 Å². The zero-order valence-electron chi connectivity index (χ0n) is 15.7. The van der Waals surface area contributed by atoms with Crippen molar-refractivity contribution in [2.75, 3.05) is 18.1 Å². The lowest BCUT2D eigenvalue weighted by Gasteiger charge is -2.23. The molecule has 0 unspecified atom stereocenters. The SMILES string of the molecule is FC(F)(F)Oc1ccc(N2CN(Cc3ccnc4ccccc34)C3(CC3)C2)cc1. The molecule has 7 heteroatoms. The number of rotatable bonds is 4. The zero-order valence-corrected chi connectivity index (χ0v) is 15.7. The van der Waals surface area contributed by atoms with Gasteiger partial charge < -0.3 is 9.64 Å². The fourth-order valence-corrected chi connectivity index (χ4v) is 4.23. The predicted molar refractivity (Wildman–Crippen MR) is 105 cm³/mol. The van der Waals surface area contributed by atoms with Gasteiger partial charge in [0.2, 0.25) is 0 Å². The largest absolute Gasteiger partial charge is 0.573 e. The number of benzene rings is 2. The number of pyridine rings is 1. The van der Waals surface area contributed by atoms with E-state index in [-0.39, 0.29) is 11.3 Å². The van der Waals surface area contributed by atoms with Crippen molar-refractivity contribution >= 4 is 16.6 Å². The lowest BCUT2D eigenvalue weighted by atomic mass is 10.1. The highest BCUT2D eigenvalue weighted by atomic mass is 19.4. The molecule has 1 aromatic heterocycles. The average Bonchev–Trinajstić information content (AvgIpc) is 3.38. The second-order valence-electron chi connectivity index (χ2n) is 7.79. The van der Waals surface area contributed by atoms with Crippen LogP contribution < -0.4 is 9.64 Å². The van der Waals surface area contributed by atoms with Gasteiger partial charge in [0.05, 0.1) is 12.2 Å². The van der Waals surface area contributed by atoms with Gasteiger partial charge in [0.25, 0.3) is 0 Å². The maximum atomic E-state index is 12.4. The molecule has 0 bridgehead atoms. The Kier molecular flexibility index (Phi) is 4.17. The van der Waals surface area contributed by atoms with Gasteiger partial charge >= 0.3 is 6.36 Å². The fraction of sp³-hybridized carbons (Fsp3) is 0.318. The number of halogens is 3. The molecule has 2 aromatic carbocycles. The minimum Gasteiger partial charge on any atom is -0.406 e. The first kappa shape index (κ1) is 18.2. The van der Waals surface area contributed by atoms with E-state index in [9.17, 15) is 13.2 Å². The summed E-state index contributed by atoms with van der Waals surface area (Å²) in [5.41, 5.74) is 3.31. The number of alkyl halides is 3. The topological polar surface area (TPSA) is 28.6 Å². The molecule has 1 saturated heterocycles. The van der Waals surface area contributed by atoms with Crippen LogP contribution in [0.25, 0.3) is 10.9 Å². The Hall–Kier alpha value is -2.80. The van der Waals surface area contributed by atoms with E-state index in [1.54, 1.807) is 12.1 Å². The Bertz CT molecular complexity index is 1030. The van der Waals surface area contributed by atoms with Crippen LogP contribution in [0.2, 0.25) is 0 Å². The monoisotopic (exact) mass is 399 g/mol. The number of aromatic nitrogens is 1. The molecular weight excluding hydrogens is 379 g/mol. The molecule has 1 saturated carbocycles. The molecule has 29 heavy (non-hydrogen) atoms. The van der Waals surface area contributed by atoms with Crippen molar-refractivity contribution in [1.29, 1.82) is 0 Å². The summed E-state index contributed by atoms with van der Waals surface area (Å²) in [5, 5.41) is 1.16. The van der Waals surface area contributed by atoms with Crippen molar-refractivity contribution in [3.8, 4) is 5.75 Å². The summed E-state index contributed by atoms with van der Waals surface area (Å²) in [6.07, 6.45) is -0.536. The molecule has 2 heterocycles. The number of hydrogen-bond acceptors (Lipinski definition) is 4. The van der Waals surface area contributed by atoms with Gasteiger partial charge in [-0.3, -0.25) is 9.88 Å². The highest BCUT2D eigenvalue weighted by molar-refractivity contribution is 5.81. The third-order valence-electron chi connectivity index (χ3n) is 5.86. The first-order valence-corrected chi connectivity index (χ1v) is 9.60. The van der Waals surface area contributed by atoms with E-state index in [1.807, 2.05) is 24.4 Å². The molecule has 2 fully saturated rings. The molecule has 0 atom stereocenters. The summed E-state index contributed by atoms with van der Waals surface area (Å²) in [6, 6.07) is 16.4. The van der Waals surface area contributed by atoms with E-state index >= 15 is 0 Å². The molecule has 3 aromatic rings. The Morgan fingerprint density at radius 1 is 1.00 bits per heavy atom. The van der Waals surface area contributed by atoms with E-state index in [0.717, 1.165) is 49.2 Å². The Morgan fingerprint density at radius 3 is 2.48 bits per heavy atom. The maximum Gasteiger partial charge on any atom is 0.573 e. The van der Waals surface area contributed by atoms with Crippen molar-refractivity contribution in [3.63, 3.8) is 0 Å². The lowest BCUT2D eigenvalue weighted by Crippen LogP contribution is -2.32. The van der Waals surface area contributed by atoms with Gasteiger partial charge in [-0.1, -0.05) is 18.2 Å². The van der Waals surface area contributed by atoms with E-state index in [1.165, 1.54) is 17.7 Å². The number of hydrogen-bond donors (Lipinski definition) is 0.